The van der Waals surface area contributed by atoms with Gasteiger partial charge in [-0.1, -0.05) is 34.8 Å². The standard InChI is InChI=1S/C10H11Cl3N2O3S.ClH/c1-4-5(9(17)18-3-10(11,12)13)2-15-7(16)6(14)8(15)19-4;/h2,4,6,8H,3,14H2,1H3;1H/t4?,6?,8-;/m1./s1. The lowest BCUT2D eigenvalue weighted by Gasteiger charge is -2.47. The molecule has 114 valence electrons. The normalized spacial score (nSPS) is 28.9. The molecule has 2 aliphatic heterocycles. The van der Waals surface area contributed by atoms with E-state index in [1.807, 2.05) is 6.92 Å². The number of nitrogens with two attached hydrogens (primary N) is 1. The van der Waals surface area contributed by atoms with Crippen LogP contribution in [0.15, 0.2) is 11.8 Å². The van der Waals surface area contributed by atoms with Crippen LogP contribution < -0.4 is 5.73 Å². The van der Waals surface area contributed by atoms with Crippen molar-refractivity contribution >= 4 is 70.8 Å². The molecular weight excluding hydrogens is 370 g/mol. The van der Waals surface area contributed by atoms with E-state index in [-0.39, 0.29) is 35.5 Å². The van der Waals surface area contributed by atoms with E-state index in [4.69, 9.17) is 45.3 Å². The Kier molecular flexibility index (Phi) is 5.92. The van der Waals surface area contributed by atoms with Crippen LogP contribution in [-0.4, -0.2) is 43.8 Å². The molecule has 5 nitrogen and oxygen atoms in total. The first-order valence-corrected chi connectivity index (χ1v) is 7.47. The Bertz CT molecular complexity index is 454. The average Bonchev–Trinajstić information content (AvgIpc) is 2.33. The molecule has 3 atom stereocenters. The number of fused-ring (bicyclic) bond motifs is 1. The van der Waals surface area contributed by atoms with Gasteiger partial charge in [0.1, 0.15) is 18.0 Å². The maximum Gasteiger partial charge on any atom is 0.336 e. The highest BCUT2D eigenvalue weighted by Crippen LogP contribution is 2.39. The van der Waals surface area contributed by atoms with Gasteiger partial charge in [0.05, 0.1) is 5.57 Å². The summed E-state index contributed by atoms with van der Waals surface area (Å²) in [5.74, 6) is -0.811. The van der Waals surface area contributed by atoms with Crippen LogP contribution >= 0.6 is 59.0 Å². The molecule has 0 radical (unpaired) electrons. The van der Waals surface area contributed by atoms with Crippen molar-refractivity contribution in [3.63, 3.8) is 0 Å². The maximum atomic E-state index is 11.9. The van der Waals surface area contributed by atoms with Crippen molar-refractivity contribution in [3.8, 4) is 0 Å². The highest BCUT2D eigenvalue weighted by Gasteiger charge is 2.49. The number of alkyl halides is 3. The molecule has 2 rings (SSSR count). The van der Waals surface area contributed by atoms with Gasteiger partial charge in [0.15, 0.2) is 0 Å². The third kappa shape index (κ3) is 3.67. The maximum absolute atomic E-state index is 11.9. The minimum atomic E-state index is -1.65. The number of amides is 1. The summed E-state index contributed by atoms with van der Waals surface area (Å²) in [6.07, 6.45) is 1.47. The molecule has 0 saturated carbocycles. The zero-order valence-electron chi connectivity index (χ0n) is 10.2. The summed E-state index contributed by atoms with van der Waals surface area (Å²) >= 11 is 17.9. The summed E-state index contributed by atoms with van der Waals surface area (Å²) < 4.78 is 3.25. The first-order chi connectivity index (χ1) is 8.70. The second kappa shape index (κ2) is 6.50. The van der Waals surface area contributed by atoms with Crippen LogP contribution in [0.5, 0.6) is 0 Å². The lowest BCUT2D eigenvalue weighted by molar-refractivity contribution is -0.141. The monoisotopic (exact) mass is 380 g/mol. The van der Waals surface area contributed by atoms with E-state index >= 15 is 0 Å². The number of carbonyl (C=O) groups excluding carboxylic acids is 2. The summed E-state index contributed by atoms with van der Waals surface area (Å²) in [4.78, 5) is 24.8. The Morgan fingerprint density at radius 2 is 2.15 bits per heavy atom. The van der Waals surface area contributed by atoms with Gasteiger partial charge in [0.25, 0.3) is 0 Å². The lowest BCUT2D eigenvalue weighted by atomic mass is 10.1. The first-order valence-electron chi connectivity index (χ1n) is 5.39. The molecule has 2 aliphatic rings. The Labute approximate surface area is 141 Å². The van der Waals surface area contributed by atoms with E-state index in [1.165, 1.54) is 22.9 Å². The number of ether oxygens (including phenoxy) is 1. The molecule has 0 bridgehead atoms. The summed E-state index contributed by atoms with van der Waals surface area (Å²) in [6.45, 7) is 1.49. The van der Waals surface area contributed by atoms with Gasteiger partial charge < -0.3 is 15.4 Å². The van der Waals surface area contributed by atoms with Crippen molar-refractivity contribution in [1.29, 1.82) is 0 Å². The average molecular weight is 382 g/mol. The molecule has 0 aliphatic carbocycles. The second-order valence-corrected chi connectivity index (χ2v) is 8.19. The lowest BCUT2D eigenvalue weighted by Crippen LogP contribution is -2.66. The number of nitrogens with zero attached hydrogens (tertiary/aromatic N) is 1. The minimum Gasteiger partial charge on any atom is -0.458 e. The van der Waals surface area contributed by atoms with E-state index in [0.717, 1.165) is 0 Å². The molecule has 1 saturated heterocycles. The number of carbonyl (C=O) groups is 2. The molecule has 2 heterocycles. The smallest absolute Gasteiger partial charge is 0.336 e. The van der Waals surface area contributed by atoms with E-state index in [2.05, 4.69) is 0 Å². The number of rotatable bonds is 2. The summed E-state index contributed by atoms with van der Waals surface area (Å²) in [6, 6.07) is -0.512. The molecule has 2 N–H and O–H groups in total. The predicted molar refractivity (Wildman–Crippen MR) is 82.2 cm³/mol. The Balaban J connectivity index is 0.00000200. The van der Waals surface area contributed by atoms with Crippen LogP contribution in [0.1, 0.15) is 6.92 Å². The van der Waals surface area contributed by atoms with Gasteiger partial charge in [-0.3, -0.25) is 4.79 Å². The van der Waals surface area contributed by atoms with E-state index in [1.54, 1.807) is 0 Å². The number of halogens is 4. The molecule has 0 spiro atoms. The van der Waals surface area contributed by atoms with Crippen LogP contribution in [0, 0.1) is 0 Å². The number of β-lactam (4-membered cyclic amide) rings is 1. The van der Waals surface area contributed by atoms with Gasteiger partial charge in [-0.05, 0) is 6.92 Å². The van der Waals surface area contributed by atoms with Gasteiger partial charge in [0.2, 0.25) is 9.70 Å². The number of hydrogen-bond donors (Lipinski definition) is 1. The third-order valence-corrected chi connectivity index (χ3v) is 4.57. The van der Waals surface area contributed by atoms with E-state index in [0.29, 0.717) is 5.57 Å². The van der Waals surface area contributed by atoms with Crippen LogP contribution in [-0.2, 0) is 14.3 Å². The molecular formula is C10H12Cl4N2O3S. The SMILES string of the molecule is CC1S[C@@H]2C(N)C(=O)N2C=C1C(=O)OCC(Cl)(Cl)Cl.Cl. The zero-order valence-corrected chi connectivity index (χ0v) is 14.1. The third-order valence-electron chi connectivity index (χ3n) is 2.78. The topological polar surface area (TPSA) is 72.6 Å². The summed E-state index contributed by atoms with van der Waals surface area (Å²) in [5, 5.41) is -0.254. The molecule has 10 heteroatoms. The summed E-state index contributed by atoms with van der Waals surface area (Å²) in [5.41, 5.74) is 6.02. The van der Waals surface area contributed by atoms with Crippen molar-refractivity contribution in [2.45, 2.75) is 27.4 Å². The molecule has 0 aromatic heterocycles. The Morgan fingerprint density at radius 1 is 1.55 bits per heavy atom. The van der Waals surface area contributed by atoms with Crippen LogP contribution in [0.4, 0.5) is 0 Å². The fourth-order valence-corrected chi connectivity index (χ4v) is 3.25. The van der Waals surface area contributed by atoms with Gasteiger partial charge in [0, 0.05) is 11.4 Å². The van der Waals surface area contributed by atoms with Crippen molar-refractivity contribution in [2.75, 3.05) is 6.61 Å². The molecule has 0 aromatic carbocycles. The first kappa shape index (κ1) is 18.2. The van der Waals surface area contributed by atoms with Crippen molar-refractivity contribution in [1.82, 2.24) is 4.90 Å². The predicted octanol–water partition coefficient (Wildman–Crippen LogP) is 1.84. The highest BCUT2D eigenvalue weighted by atomic mass is 35.6. The highest BCUT2D eigenvalue weighted by molar-refractivity contribution is 8.00. The fraction of sp³-hybridized carbons (Fsp3) is 0.600. The van der Waals surface area contributed by atoms with Crippen LogP contribution in [0.2, 0.25) is 0 Å². The largest absolute Gasteiger partial charge is 0.458 e. The van der Waals surface area contributed by atoms with Crippen LogP contribution in [0.3, 0.4) is 0 Å². The molecule has 0 aromatic rings. The molecule has 20 heavy (non-hydrogen) atoms. The van der Waals surface area contributed by atoms with Crippen LogP contribution in [0.25, 0.3) is 0 Å². The number of thioether (sulfide) groups is 1. The Morgan fingerprint density at radius 3 is 2.70 bits per heavy atom. The van der Waals surface area contributed by atoms with Crippen molar-refractivity contribution in [3.05, 3.63) is 11.8 Å². The number of esters is 1. The minimum absolute atomic E-state index is 0. The number of hydrogen-bond acceptors (Lipinski definition) is 5. The van der Waals surface area contributed by atoms with Crippen molar-refractivity contribution in [2.24, 2.45) is 5.73 Å². The van der Waals surface area contributed by atoms with Gasteiger partial charge in [-0.25, -0.2) is 4.79 Å². The molecule has 1 fully saturated rings. The molecule has 1 amide bonds. The van der Waals surface area contributed by atoms with E-state index < -0.39 is 15.8 Å². The van der Waals surface area contributed by atoms with Gasteiger partial charge >= 0.3 is 5.97 Å². The fourth-order valence-electron chi connectivity index (χ4n) is 1.78. The van der Waals surface area contributed by atoms with Gasteiger partial charge in [-0.15, -0.1) is 24.2 Å². The second-order valence-electron chi connectivity index (χ2n) is 4.22. The summed E-state index contributed by atoms with van der Waals surface area (Å²) in [7, 11) is 0. The zero-order chi connectivity index (χ0) is 14.4. The molecule has 2 unspecified atom stereocenters. The quantitative estimate of drug-likeness (QED) is 0.448. The van der Waals surface area contributed by atoms with Crippen molar-refractivity contribution < 1.29 is 14.3 Å². The van der Waals surface area contributed by atoms with Gasteiger partial charge in [-0.2, -0.15) is 0 Å². The van der Waals surface area contributed by atoms with E-state index in [9.17, 15) is 9.59 Å². The Hall–Kier alpha value is 0.150.